The number of benzene rings is 1. The highest BCUT2D eigenvalue weighted by Crippen LogP contribution is 2.39. The van der Waals surface area contributed by atoms with Crippen molar-refractivity contribution < 1.29 is 9.57 Å². The van der Waals surface area contributed by atoms with Gasteiger partial charge in [-0.2, -0.15) is 0 Å². The highest BCUT2D eigenvalue weighted by Gasteiger charge is 2.30. The van der Waals surface area contributed by atoms with Gasteiger partial charge in [-0.1, -0.05) is 35.0 Å². The van der Waals surface area contributed by atoms with Crippen molar-refractivity contribution in [3.8, 4) is 0 Å². The zero-order valence-corrected chi connectivity index (χ0v) is 17.4. The first-order chi connectivity index (χ1) is 14.0. The van der Waals surface area contributed by atoms with Crippen molar-refractivity contribution in [2.75, 3.05) is 0 Å². The smallest absolute Gasteiger partial charge is 0.192 e. The van der Waals surface area contributed by atoms with Gasteiger partial charge in [0.2, 0.25) is 0 Å². The molecule has 1 aliphatic heterocycles. The van der Waals surface area contributed by atoms with Crippen LogP contribution in [0.2, 0.25) is 0 Å². The van der Waals surface area contributed by atoms with E-state index in [1.165, 1.54) is 16.0 Å². The van der Waals surface area contributed by atoms with Crippen LogP contribution in [0.5, 0.6) is 0 Å². The molecule has 0 radical (unpaired) electrons. The van der Waals surface area contributed by atoms with E-state index in [0.29, 0.717) is 12.4 Å². The fraction of sp³-hybridized carbons (Fsp3) is 0.333. The fourth-order valence-electron chi connectivity index (χ4n) is 3.49. The van der Waals surface area contributed by atoms with Crippen molar-refractivity contribution in [3.05, 3.63) is 58.0 Å². The molecule has 1 aromatic carbocycles. The summed E-state index contributed by atoms with van der Waals surface area (Å²) in [6, 6.07) is 8.08. The number of nitrogens with zero attached hydrogens (tertiary/aromatic N) is 5. The first kappa shape index (κ1) is 18.2. The quantitative estimate of drug-likeness (QED) is 0.377. The van der Waals surface area contributed by atoms with Gasteiger partial charge in [0.15, 0.2) is 18.1 Å². The third-order valence-electron chi connectivity index (χ3n) is 5.00. The molecule has 4 heterocycles. The minimum absolute atomic E-state index is 0.190. The molecule has 0 amide bonds. The summed E-state index contributed by atoms with van der Waals surface area (Å²) in [6.45, 7) is 7.10. The highest BCUT2D eigenvalue weighted by molar-refractivity contribution is 7.19. The number of oxime groups is 1. The number of fused-ring (bicyclic) bond motifs is 5. The molecule has 0 saturated carbocycles. The minimum atomic E-state index is -0.190. The van der Waals surface area contributed by atoms with Crippen molar-refractivity contribution in [2.45, 2.75) is 46.0 Å². The van der Waals surface area contributed by atoms with Gasteiger partial charge in [0.1, 0.15) is 11.2 Å². The van der Waals surface area contributed by atoms with Gasteiger partial charge in [-0.15, -0.1) is 16.4 Å². The molecule has 8 heteroatoms. The molecule has 0 saturated heterocycles. The summed E-state index contributed by atoms with van der Waals surface area (Å²) < 4.78 is 7.67. The zero-order chi connectivity index (χ0) is 20.0. The van der Waals surface area contributed by atoms with Gasteiger partial charge < -0.3 is 9.57 Å². The lowest BCUT2D eigenvalue weighted by molar-refractivity contribution is -0.0379. The van der Waals surface area contributed by atoms with Gasteiger partial charge in [0, 0.05) is 11.3 Å². The zero-order valence-electron chi connectivity index (χ0n) is 16.5. The lowest BCUT2D eigenvalue weighted by atomic mass is 9.94. The lowest BCUT2D eigenvalue weighted by Crippen LogP contribution is -2.31. The van der Waals surface area contributed by atoms with E-state index in [4.69, 9.17) is 14.6 Å². The van der Waals surface area contributed by atoms with Crippen LogP contribution in [-0.4, -0.2) is 31.4 Å². The van der Waals surface area contributed by atoms with Gasteiger partial charge in [0.05, 0.1) is 23.8 Å². The monoisotopic (exact) mass is 407 g/mol. The standard InChI is InChI=1S/C21H21N5O2S/c1-13-4-6-14(7-5-13)9-23-28-11-17-24-19-18-15-8-21(2,3)27-10-16(15)29-20(18)22-12-26(19)25-17/h4-7,9,12H,8,10-11H2,1-3H3. The van der Waals surface area contributed by atoms with Gasteiger partial charge >= 0.3 is 0 Å². The minimum Gasteiger partial charge on any atom is -0.387 e. The first-order valence-electron chi connectivity index (χ1n) is 9.49. The van der Waals surface area contributed by atoms with Crippen LogP contribution in [-0.2, 0) is 29.2 Å². The van der Waals surface area contributed by atoms with E-state index in [9.17, 15) is 0 Å². The Morgan fingerprint density at radius 1 is 1.31 bits per heavy atom. The van der Waals surface area contributed by atoms with Gasteiger partial charge in [-0.25, -0.2) is 14.5 Å². The number of aromatic nitrogens is 4. The molecule has 148 valence electrons. The molecule has 3 aromatic heterocycles. The van der Waals surface area contributed by atoms with E-state index < -0.39 is 0 Å². The summed E-state index contributed by atoms with van der Waals surface area (Å²) in [5, 5.41) is 9.61. The number of ether oxygens (including phenoxy) is 1. The van der Waals surface area contributed by atoms with Gasteiger partial charge in [0.25, 0.3) is 0 Å². The molecule has 29 heavy (non-hydrogen) atoms. The average molecular weight is 407 g/mol. The third-order valence-corrected chi connectivity index (χ3v) is 6.11. The van der Waals surface area contributed by atoms with E-state index in [0.717, 1.165) is 27.8 Å². The number of aryl methyl sites for hydroxylation is 1. The Labute approximate surface area is 172 Å². The highest BCUT2D eigenvalue weighted by atomic mass is 32.1. The average Bonchev–Trinajstić information content (AvgIpc) is 3.26. The molecule has 0 spiro atoms. The summed E-state index contributed by atoms with van der Waals surface area (Å²) in [4.78, 5) is 16.9. The molecule has 0 bridgehead atoms. The van der Waals surface area contributed by atoms with E-state index in [2.05, 4.69) is 36.0 Å². The van der Waals surface area contributed by atoms with E-state index >= 15 is 0 Å². The summed E-state index contributed by atoms with van der Waals surface area (Å²) >= 11 is 1.67. The normalized spacial score (nSPS) is 16.0. The SMILES string of the molecule is Cc1ccc(C=NOCc2nc3c4c5c(sc4ncn3n2)COC(C)(C)C5)cc1. The molecule has 0 atom stereocenters. The van der Waals surface area contributed by atoms with Crippen LogP contribution in [0.25, 0.3) is 15.9 Å². The molecule has 5 rings (SSSR count). The Morgan fingerprint density at radius 3 is 2.97 bits per heavy atom. The second-order valence-corrected chi connectivity index (χ2v) is 8.95. The van der Waals surface area contributed by atoms with Crippen molar-refractivity contribution in [3.63, 3.8) is 0 Å². The molecular formula is C21H21N5O2S. The van der Waals surface area contributed by atoms with Gasteiger partial charge in [-0.05, 0) is 31.9 Å². The fourth-order valence-corrected chi connectivity index (χ4v) is 4.56. The summed E-state index contributed by atoms with van der Waals surface area (Å²) in [6.07, 6.45) is 4.23. The molecule has 0 aliphatic carbocycles. The van der Waals surface area contributed by atoms with E-state index in [1.54, 1.807) is 28.4 Å². The van der Waals surface area contributed by atoms with Crippen molar-refractivity contribution in [1.29, 1.82) is 0 Å². The first-order valence-corrected chi connectivity index (χ1v) is 10.3. The Kier molecular flexibility index (Phi) is 4.33. The third kappa shape index (κ3) is 3.49. The number of thiophene rings is 1. The maximum absolute atomic E-state index is 5.95. The predicted molar refractivity (Wildman–Crippen MR) is 112 cm³/mol. The molecule has 1 aliphatic rings. The van der Waals surface area contributed by atoms with E-state index in [-0.39, 0.29) is 12.2 Å². The Morgan fingerprint density at radius 2 is 2.14 bits per heavy atom. The topological polar surface area (TPSA) is 73.9 Å². The Hall–Kier alpha value is -2.84. The molecule has 0 fully saturated rings. The van der Waals surface area contributed by atoms with Crippen molar-refractivity contribution >= 4 is 33.4 Å². The second-order valence-electron chi connectivity index (χ2n) is 7.87. The van der Waals surface area contributed by atoms with Crippen molar-refractivity contribution in [1.82, 2.24) is 19.6 Å². The van der Waals surface area contributed by atoms with Crippen LogP contribution >= 0.6 is 11.3 Å². The van der Waals surface area contributed by atoms with Crippen LogP contribution in [0.3, 0.4) is 0 Å². The second kappa shape index (κ2) is 6.89. The predicted octanol–water partition coefficient (Wildman–Crippen LogP) is 4.05. The Balaban J connectivity index is 1.41. The molecule has 7 nitrogen and oxygen atoms in total. The van der Waals surface area contributed by atoms with Crippen molar-refractivity contribution in [2.24, 2.45) is 5.16 Å². The molecule has 0 N–H and O–H groups in total. The molecule has 4 aromatic rings. The summed E-state index contributed by atoms with van der Waals surface area (Å²) in [5.41, 5.74) is 4.09. The van der Waals surface area contributed by atoms with Crippen LogP contribution in [0.4, 0.5) is 0 Å². The van der Waals surface area contributed by atoms with Crippen LogP contribution in [0, 0.1) is 6.92 Å². The van der Waals surface area contributed by atoms with Crippen LogP contribution in [0.1, 0.15) is 41.2 Å². The van der Waals surface area contributed by atoms with E-state index in [1.807, 2.05) is 24.3 Å². The maximum atomic E-state index is 5.95. The number of rotatable bonds is 4. The molecular weight excluding hydrogens is 386 g/mol. The summed E-state index contributed by atoms with van der Waals surface area (Å²) in [7, 11) is 0. The lowest BCUT2D eigenvalue weighted by Gasteiger charge is -2.30. The van der Waals surface area contributed by atoms with Crippen LogP contribution < -0.4 is 0 Å². The Bertz CT molecular complexity index is 1220. The van der Waals surface area contributed by atoms with Gasteiger partial charge in [-0.3, -0.25) is 0 Å². The molecule has 0 unspecified atom stereocenters. The van der Waals surface area contributed by atoms with Crippen LogP contribution in [0.15, 0.2) is 35.7 Å². The number of hydrogen-bond donors (Lipinski definition) is 0. The summed E-state index contributed by atoms with van der Waals surface area (Å²) in [5.74, 6) is 0.576. The maximum Gasteiger partial charge on any atom is 0.192 e. The largest absolute Gasteiger partial charge is 0.387 e. The number of hydrogen-bond acceptors (Lipinski definition) is 7.